The summed E-state index contributed by atoms with van der Waals surface area (Å²) in [6, 6.07) is 7.68. The van der Waals surface area contributed by atoms with Crippen LogP contribution in [0.3, 0.4) is 0 Å². The topological polar surface area (TPSA) is 68.0 Å². The molecule has 0 radical (unpaired) electrons. The quantitative estimate of drug-likeness (QED) is 0.783. The van der Waals surface area contributed by atoms with Gasteiger partial charge in [0, 0.05) is 10.3 Å². The van der Waals surface area contributed by atoms with E-state index in [-0.39, 0.29) is 0 Å². The van der Waals surface area contributed by atoms with Crippen molar-refractivity contribution in [3.63, 3.8) is 0 Å². The Morgan fingerprint density at radius 3 is 2.94 bits per heavy atom. The summed E-state index contributed by atoms with van der Waals surface area (Å²) >= 11 is 1.29. The van der Waals surface area contributed by atoms with Crippen molar-refractivity contribution in [3.05, 3.63) is 47.4 Å². The van der Waals surface area contributed by atoms with Crippen LogP contribution in [0.1, 0.15) is 15.2 Å². The lowest BCUT2D eigenvalue weighted by molar-refractivity contribution is 0.0701. The molecule has 0 aliphatic carbocycles. The first-order valence-corrected chi connectivity index (χ1v) is 6.13. The largest absolute Gasteiger partial charge is 0.477 e. The van der Waals surface area contributed by atoms with E-state index >= 15 is 0 Å². The van der Waals surface area contributed by atoms with Gasteiger partial charge in [-0.15, -0.1) is 11.3 Å². The third-order valence-corrected chi connectivity index (χ3v) is 3.88. The molecule has 0 unspecified atom stereocenters. The van der Waals surface area contributed by atoms with Gasteiger partial charge < -0.3 is 5.11 Å². The maximum Gasteiger partial charge on any atom is 0.346 e. The number of carboxylic acids is 1. The first kappa shape index (κ1) is 10.9. The molecular weight excluding hydrogens is 250 g/mol. The van der Waals surface area contributed by atoms with Gasteiger partial charge in [0.25, 0.3) is 0 Å². The zero-order valence-corrected chi connectivity index (χ0v) is 10.1. The summed E-state index contributed by atoms with van der Waals surface area (Å²) < 4.78 is 2.60. The Labute approximate surface area is 106 Å². The molecule has 0 spiro atoms. The van der Waals surface area contributed by atoms with Crippen LogP contribution in [0.15, 0.2) is 36.9 Å². The summed E-state index contributed by atoms with van der Waals surface area (Å²) in [6.07, 6.45) is 3.02. The van der Waals surface area contributed by atoms with E-state index in [1.54, 1.807) is 11.0 Å². The number of hydrogen-bond acceptors (Lipinski definition) is 4. The van der Waals surface area contributed by atoms with E-state index in [9.17, 15) is 9.90 Å². The molecule has 0 bridgehead atoms. The van der Waals surface area contributed by atoms with Gasteiger partial charge >= 0.3 is 5.97 Å². The Balaban J connectivity index is 2.18. The third-order valence-electron chi connectivity index (χ3n) is 2.68. The van der Waals surface area contributed by atoms with Crippen LogP contribution in [0.25, 0.3) is 10.1 Å². The number of carbonyl (C=O) groups is 1. The minimum Gasteiger partial charge on any atom is -0.477 e. The molecule has 0 amide bonds. The average Bonchev–Trinajstić information content (AvgIpc) is 2.98. The molecule has 90 valence electrons. The Kier molecular flexibility index (Phi) is 2.56. The van der Waals surface area contributed by atoms with Crippen molar-refractivity contribution in [3.8, 4) is 0 Å². The molecule has 0 aliphatic heterocycles. The zero-order chi connectivity index (χ0) is 12.5. The fourth-order valence-electron chi connectivity index (χ4n) is 1.90. The van der Waals surface area contributed by atoms with E-state index in [4.69, 9.17) is 0 Å². The van der Waals surface area contributed by atoms with Crippen molar-refractivity contribution in [2.24, 2.45) is 0 Å². The van der Waals surface area contributed by atoms with E-state index in [0.29, 0.717) is 11.4 Å². The molecule has 1 N–H and O–H groups in total. The highest BCUT2D eigenvalue weighted by molar-refractivity contribution is 7.21. The lowest BCUT2D eigenvalue weighted by Gasteiger charge is -2.01. The second-order valence-electron chi connectivity index (χ2n) is 3.80. The Morgan fingerprint density at radius 1 is 1.39 bits per heavy atom. The minimum absolute atomic E-state index is 0.367. The van der Waals surface area contributed by atoms with Crippen LogP contribution in [-0.4, -0.2) is 25.8 Å². The van der Waals surface area contributed by atoms with Gasteiger partial charge in [-0.1, -0.05) is 18.2 Å². The standard InChI is InChI=1S/C12H9N3O2S/c16-12(17)11-9(5-15-7-13-6-14-15)8-3-1-2-4-10(8)18-11/h1-4,6-7H,5H2,(H,16,17). The molecule has 0 aliphatic rings. The molecule has 2 aromatic heterocycles. The van der Waals surface area contributed by atoms with E-state index in [2.05, 4.69) is 10.1 Å². The van der Waals surface area contributed by atoms with Crippen LogP contribution < -0.4 is 0 Å². The Hall–Kier alpha value is -2.21. The Morgan fingerprint density at radius 2 is 2.22 bits per heavy atom. The molecule has 3 aromatic rings. The van der Waals surface area contributed by atoms with Crippen molar-refractivity contribution in [1.29, 1.82) is 0 Å². The number of hydrogen-bond donors (Lipinski definition) is 1. The molecule has 0 atom stereocenters. The smallest absolute Gasteiger partial charge is 0.346 e. The average molecular weight is 259 g/mol. The SMILES string of the molecule is O=C(O)c1sc2ccccc2c1Cn1cncn1. The zero-order valence-electron chi connectivity index (χ0n) is 9.28. The lowest BCUT2D eigenvalue weighted by atomic mass is 10.1. The fourth-order valence-corrected chi connectivity index (χ4v) is 2.96. The highest BCUT2D eigenvalue weighted by Gasteiger charge is 2.17. The molecule has 6 heteroatoms. The highest BCUT2D eigenvalue weighted by Crippen LogP contribution is 2.31. The molecule has 1 aromatic carbocycles. The second kappa shape index (κ2) is 4.23. The van der Waals surface area contributed by atoms with Crippen LogP contribution in [-0.2, 0) is 6.54 Å². The van der Waals surface area contributed by atoms with Gasteiger partial charge in [0.15, 0.2) is 0 Å². The van der Waals surface area contributed by atoms with Gasteiger partial charge in [-0.3, -0.25) is 0 Å². The molecule has 5 nitrogen and oxygen atoms in total. The summed E-state index contributed by atoms with van der Waals surface area (Å²) in [5.74, 6) is -0.897. The number of benzene rings is 1. The number of aromatic nitrogens is 3. The molecule has 0 saturated heterocycles. The van der Waals surface area contributed by atoms with E-state index in [1.807, 2.05) is 24.3 Å². The van der Waals surface area contributed by atoms with Crippen molar-refractivity contribution >= 4 is 27.4 Å². The van der Waals surface area contributed by atoms with Crippen LogP contribution in [0.4, 0.5) is 0 Å². The van der Waals surface area contributed by atoms with Gasteiger partial charge in [-0.2, -0.15) is 5.10 Å². The number of rotatable bonds is 3. The maximum atomic E-state index is 11.3. The molecule has 18 heavy (non-hydrogen) atoms. The normalized spacial score (nSPS) is 10.9. The predicted molar refractivity (Wildman–Crippen MR) is 67.9 cm³/mol. The van der Waals surface area contributed by atoms with Crippen LogP contribution in [0.5, 0.6) is 0 Å². The molecular formula is C12H9N3O2S. The van der Waals surface area contributed by atoms with Crippen LogP contribution in [0.2, 0.25) is 0 Å². The number of fused-ring (bicyclic) bond motifs is 1. The van der Waals surface area contributed by atoms with Crippen molar-refractivity contribution in [2.75, 3.05) is 0 Å². The van der Waals surface area contributed by atoms with Crippen molar-refractivity contribution in [2.45, 2.75) is 6.54 Å². The minimum atomic E-state index is -0.897. The number of thiophene rings is 1. The Bertz CT molecular complexity index is 703. The van der Waals surface area contributed by atoms with Gasteiger partial charge in [-0.05, 0) is 11.5 Å². The molecule has 3 rings (SSSR count). The summed E-state index contributed by atoms with van der Waals surface area (Å²) in [5.41, 5.74) is 0.786. The second-order valence-corrected chi connectivity index (χ2v) is 4.86. The van der Waals surface area contributed by atoms with E-state index in [0.717, 1.165) is 15.6 Å². The maximum absolute atomic E-state index is 11.3. The first-order chi connectivity index (χ1) is 8.75. The fraction of sp³-hybridized carbons (Fsp3) is 0.0833. The van der Waals surface area contributed by atoms with Crippen molar-refractivity contribution < 1.29 is 9.90 Å². The van der Waals surface area contributed by atoms with Crippen LogP contribution in [0, 0.1) is 0 Å². The number of nitrogens with zero attached hydrogens (tertiary/aromatic N) is 3. The summed E-state index contributed by atoms with van der Waals surface area (Å²) in [4.78, 5) is 15.5. The van der Waals surface area contributed by atoms with E-state index in [1.165, 1.54) is 17.7 Å². The molecule has 0 fully saturated rings. The third kappa shape index (κ3) is 1.76. The molecule has 0 saturated carbocycles. The predicted octanol–water partition coefficient (Wildman–Crippen LogP) is 2.24. The monoisotopic (exact) mass is 259 g/mol. The van der Waals surface area contributed by atoms with Crippen molar-refractivity contribution in [1.82, 2.24) is 14.8 Å². The first-order valence-electron chi connectivity index (χ1n) is 5.32. The molecule has 2 heterocycles. The summed E-state index contributed by atoms with van der Waals surface area (Å²) in [6.45, 7) is 0.422. The van der Waals surface area contributed by atoms with Crippen LogP contribution >= 0.6 is 11.3 Å². The van der Waals surface area contributed by atoms with Gasteiger partial charge in [0.2, 0.25) is 0 Å². The van der Waals surface area contributed by atoms with E-state index < -0.39 is 5.97 Å². The highest BCUT2D eigenvalue weighted by atomic mass is 32.1. The summed E-state index contributed by atoms with van der Waals surface area (Å²) in [5, 5.41) is 14.2. The lowest BCUT2D eigenvalue weighted by Crippen LogP contribution is -2.04. The van der Waals surface area contributed by atoms with Gasteiger partial charge in [0.05, 0.1) is 6.54 Å². The van der Waals surface area contributed by atoms with Gasteiger partial charge in [0.1, 0.15) is 17.5 Å². The number of carboxylic acid groups (broad SMARTS) is 1. The number of aromatic carboxylic acids is 1. The van der Waals surface area contributed by atoms with Gasteiger partial charge in [-0.25, -0.2) is 14.5 Å². The summed E-state index contributed by atoms with van der Waals surface area (Å²) in [7, 11) is 0.